The zero-order chi connectivity index (χ0) is 20.8. The highest BCUT2D eigenvalue weighted by molar-refractivity contribution is 5.94. The normalized spacial score (nSPS) is 11.6. The number of likely N-dealkylation sites (N-methyl/N-ethyl adjacent to an activating group) is 1. The van der Waals surface area contributed by atoms with Gasteiger partial charge in [0.15, 0.2) is 18.0 Å². The second-order valence-corrected chi connectivity index (χ2v) is 6.72. The first-order chi connectivity index (χ1) is 13.3. The van der Waals surface area contributed by atoms with Crippen molar-refractivity contribution in [2.75, 3.05) is 33.1 Å². The molecular weight excluding hydrogens is 362 g/mol. The summed E-state index contributed by atoms with van der Waals surface area (Å²) in [6.45, 7) is 4.46. The van der Waals surface area contributed by atoms with E-state index in [1.165, 1.54) is 6.07 Å². The fraction of sp³-hybridized carbons (Fsp3) is 0.350. The minimum absolute atomic E-state index is 0.110. The van der Waals surface area contributed by atoms with Crippen LogP contribution >= 0.6 is 0 Å². The van der Waals surface area contributed by atoms with E-state index in [9.17, 15) is 14.9 Å². The minimum atomic E-state index is -0.494. The highest BCUT2D eigenvalue weighted by atomic mass is 16.6. The number of quaternary nitrogens is 1. The second-order valence-electron chi connectivity index (χ2n) is 6.72. The first-order valence-corrected chi connectivity index (χ1v) is 8.83. The van der Waals surface area contributed by atoms with Gasteiger partial charge in [0.1, 0.15) is 12.2 Å². The molecule has 150 valence electrons. The quantitative estimate of drug-likeness (QED) is 0.532. The van der Waals surface area contributed by atoms with Crippen LogP contribution in [0.4, 0.5) is 11.4 Å². The van der Waals surface area contributed by atoms with Gasteiger partial charge >= 0.3 is 0 Å². The molecule has 0 bridgehead atoms. The van der Waals surface area contributed by atoms with Gasteiger partial charge in [-0.25, -0.2) is 0 Å². The third-order valence-corrected chi connectivity index (χ3v) is 4.51. The van der Waals surface area contributed by atoms with Crippen molar-refractivity contribution in [2.45, 2.75) is 20.4 Å². The molecule has 2 rings (SSSR count). The van der Waals surface area contributed by atoms with Crippen molar-refractivity contribution < 1.29 is 24.1 Å². The zero-order valence-corrected chi connectivity index (χ0v) is 16.8. The molecule has 1 atom stereocenters. The minimum Gasteiger partial charge on any atom is -0.493 e. The van der Waals surface area contributed by atoms with Crippen molar-refractivity contribution >= 4 is 17.3 Å². The number of anilines is 1. The summed E-state index contributed by atoms with van der Waals surface area (Å²) in [6.07, 6.45) is 0. The van der Waals surface area contributed by atoms with Crippen LogP contribution < -0.4 is 19.7 Å². The number of ether oxygens (including phenoxy) is 2. The second kappa shape index (κ2) is 9.18. The Morgan fingerprint density at radius 1 is 1.14 bits per heavy atom. The van der Waals surface area contributed by atoms with Crippen LogP contribution in [0.5, 0.6) is 11.5 Å². The summed E-state index contributed by atoms with van der Waals surface area (Å²) in [5.74, 6) is 1.01. The maximum Gasteiger partial charge on any atom is 0.293 e. The van der Waals surface area contributed by atoms with Crippen LogP contribution in [-0.2, 0) is 11.3 Å². The number of amides is 1. The standard InChI is InChI=1S/C20H25N3O5/c1-13-7-6-8-16(23(25)26)20(13)21-19(24)12-22(3)11-15-10-18(28-5)17(27-4)9-14(15)2/h6-10H,11-12H2,1-5H3,(H,21,24)/p+1. The lowest BCUT2D eigenvalue weighted by molar-refractivity contribution is -0.885. The van der Waals surface area contributed by atoms with E-state index >= 15 is 0 Å². The number of rotatable bonds is 8. The Balaban J connectivity index is 2.09. The van der Waals surface area contributed by atoms with Gasteiger partial charge < -0.3 is 19.7 Å². The average molecular weight is 388 g/mol. The molecule has 28 heavy (non-hydrogen) atoms. The lowest BCUT2D eigenvalue weighted by atomic mass is 10.1. The van der Waals surface area contributed by atoms with E-state index in [1.54, 1.807) is 33.3 Å². The van der Waals surface area contributed by atoms with Gasteiger partial charge in [-0.3, -0.25) is 14.9 Å². The molecule has 0 aromatic heterocycles. The predicted molar refractivity (Wildman–Crippen MR) is 106 cm³/mol. The van der Waals surface area contributed by atoms with E-state index in [2.05, 4.69) is 5.32 Å². The number of para-hydroxylation sites is 1. The van der Waals surface area contributed by atoms with E-state index in [4.69, 9.17) is 9.47 Å². The maximum absolute atomic E-state index is 12.4. The Hall–Kier alpha value is -3.13. The molecule has 0 aliphatic rings. The largest absolute Gasteiger partial charge is 0.493 e. The topological polar surface area (TPSA) is 95.1 Å². The summed E-state index contributed by atoms with van der Waals surface area (Å²) < 4.78 is 10.6. The molecule has 2 aromatic rings. The molecule has 0 heterocycles. The van der Waals surface area contributed by atoms with E-state index in [-0.39, 0.29) is 23.8 Å². The van der Waals surface area contributed by atoms with E-state index < -0.39 is 4.92 Å². The molecule has 0 aliphatic heterocycles. The van der Waals surface area contributed by atoms with E-state index in [1.807, 2.05) is 26.1 Å². The molecule has 2 aromatic carbocycles. The third kappa shape index (κ3) is 4.98. The predicted octanol–water partition coefficient (Wildman–Crippen LogP) is 1.88. The number of hydrogen-bond donors (Lipinski definition) is 2. The van der Waals surface area contributed by atoms with Gasteiger partial charge in [0.2, 0.25) is 0 Å². The Morgan fingerprint density at radius 3 is 2.39 bits per heavy atom. The third-order valence-electron chi connectivity index (χ3n) is 4.51. The molecule has 0 radical (unpaired) electrons. The maximum atomic E-state index is 12.4. The number of benzene rings is 2. The summed E-state index contributed by atoms with van der Waals surface area (Å²) in [5, 5.41) is 13.9. The molecule has 0 aliphatic carbocycles. The monoisotopic (exact) mass is 388 g/mol. The Bertz CT molecular complexity index is 882. The molecule has 0 saturated carbocycles. The highest BCUT2D eigenvalue weighted by Gasteiger charge is 2.20. The molecule has 0 spiro atoms. The van der Waals surface area contributed by atoms with Gasteiger partial charge in [0.25, 0.3) is 11.6 Å². The van der Waals surface area contributed by atoms with Gasteiger partial charge in [-0.2, -0.15) is 0 Å². The summed E-state index contributed by atoms with van der Waals surface area (Å²) >= 11 is 0. The van der Waals surface area contributed by atoms with Crippen molar-refractivity contribution in [3.8, 4) is 11.5 Å². The van der Waals surface area contributed by atoms with Crippen LogP contribution in [0.2, 0.25) is 0 Å². The lowest BCUT2D eigenvalue weighted by Crippen LogP contribution is -3.08. The molecular formula is C20H26N3O5+. The van der Waals surface area contributed by atoms with Crippen LogP contribution in [0.3, 0.4) is 0 Å². The molecule has 2 N–H and O–H groups in total. The van der Waals surface area contributed by atoms with E-state index in [0.29, 0.717) is 23.6 Å². The van der Waals surface area contributed by atoms with Gasteiger partial charge in [-0.1, -0.05) is 12.1 Å². The van der Waals surface area contributed by atoms with Gasteiger partial charge in [0, 0.05) is 11.6 Å². The molecule has 1 unspecified atom stereocenters. The summed E-state index contributed by atoms with van der Waals surface area (Å²) in [5.41, 5.74) is 2.85. The van der Waals surface area contributed by atoms with Gasteiger partial charge in [0.05, 0.1) is 26.2 Å². The number of aryl methyl sites for hydroxylation is 2. The van der Waals surface area contributed by atoms with Crippen molar-refractivity contribution in [1.82, 2.24) is 0 Å². The number of methoxy groups -OCH3 is 2. The Kier molecular flexibility index (Phi) is 6.94. The van der Waals surface area contributed by atoms with Crippen LogP contribution in [0.25, 0.3) is 0 Å². The molecule has 0 fully saturated rings. The Morgan fingerprint density at radius 2 is 1.79 bits per heavy atom. The number of nitrogens with zero attached hydrogens (tertiary/aromatic N) is 1. The van der Waals surface area contributed by atoms with Crippen LogP contribution in [0.15, 0.2) is 30.3 Å². The van der Waals surface area contributed by atoms with E-state index in [0.717, 1.165) is 16.0 Å². The number of carbonyl (C=O) groups excluding carboxylic acids is 1. The lowest BCUT2D eigenvalue weighted by Gasteiger charge is -2.17. The number of hydrogen-bond acceptors (Lipinski definition) is 5. The van der Waals surface area contributed by atoms with Crippen molar-refractivity contribution in [2.24, 2.45) is 0 Å². The first kappa shape index (κ1) is 21.2. The fourth-order valence-electron chi connectivity index (χ4n) is 3.03. The van der Waals surface area contributed by atoms with Crippen LogP contribution in [0.1, 0.15) is 16.7 Å². The molecule has 8 heteroatoms. The SMILES string of the molecule is COc1cc(C)c(C[NH+](C)CC(=O)Nc2c(C)cccc2[N+](=O)[O-])cc1OC. The molecule has 8 nitrogen and oxygen atoms in total. The fourth-order valence-corrected chi connectivity index (χ4v) is 3.03. The number of nitro benzene ring substituents is 1. The smallest absolute Gasteiger partial charge is 0.293 e. The zero-order valence-electron chi connectivity index (χ0n) is 16.8. The van der Waals surface area contributed by atoms with Crippen LogP contribution in [-0.4, -0.2) is 38.6 Å². The molecule has 1 amide bonds. The Labute approximate surface area is 164 Å². The number of carbonyl (C=O) groups is 1. The summed E-state index contributed by atoms with van der Waals surface area (Å²) in [7, 11) is 5.06. The van der Waals surface area contributed by atoms with Crippen molar-refractivity contribution in [3.05, 3.63) is 57.1 Å². The van der Waals surface area contributed by atoms with Crippen LogP contribution in [0, 0.1) is 24.0 Å². The summed E-state index contributed by atoms with van der Waals surface area (Å²) in [6, 6.07) is 8.51. The summed E-state index contributed by atoms with van der Waals surface area (Å²) in [4.78, 5) is 24.1. The van der Waals surface area contributed by atoms with Gasteiger partial charge in [-0.05, 0) is 37.1 Å². The highest BCUT2D eigenvalue weighted by Crippen LogP contribution is 2.30. The van der Waals surface area contributed by atoms with Crippen molar-refractivity contribution in [3.63, 3.8) is 0 Å². The molecule has 0 saturated heterocycles. The van der Waals surface area contributed by atoms with Crippen molar-refractivity contribution in [1.29, 1.82) is 0 Å². The number of nitrogens with one attached hydrogen (secondary N) is 2. The first-order valence-electron chi connectivity index (χ1n) is 8.83. The van der Waals surface area contributed by atoms with Gasteiger partial charge in [-0.15, -0.1) is 0 Å². The average Bonchev–Trinajstić information content (AvgIpc) is 2.64. The number of nitro groups is 1.